The predicted octanol–water partition coefficient (Wildman–Crippen LogP) is 1.06. The fraction of sp³-hybridized carbons (Fsp3) is 0.312. The minimum absolute atomic E-state index is 0.0120. The molecule has 6 nitrogen and oxygen atoms in total. The highest BCUT2D eigenvalue weighted by Gasteiger charge is 2.25. The average molecular weight is 297 g/mol. The smallest absolute Gasteiger partial charge is 0.238 e. The van der Waals surface area contributed by atoms with E-state index in [-0.39, 0.29) is 11.9 Å². The third-order valence-corrected chi connectivity index (χ3v) is 3.73. The first-order chi connectivity index (χ1) is 10.8. The van der Waals surface area contributed by atoms with Crippen LogP contribution in [0.25, 0.3) is 0 Å². The van der Waals surface area contributed by atoms with Crippen LogP contribution >= 0.6 is 0 Å². The molecule has 3 rings (SSSR count). The average Bonchev–Trinajstić information content (AvgIpc) is 2.57. The zero-order valence-electron chi connectivity index (χ0n) is 12.3. The van der Waals surface area contributed by atoms with Crippen LogP contribution in [0.4, 0.5) is 5.69 Å². The number of aromatic nitrogens is 2. The number of hydrogen-bond acceptors (Lipinski definition) is 5. The Labute approximate surface area is 129 Å². The quantitative estimate of drug-likeness (QED) is 0.883. The third kappa shape index (κ3) is 3.66. The van der Waals surface area contributed by atoms with Crippen molar-refractivity contribution in [1.82, 2.24) is 20.2 Å². The number of nitrogens with one attached hydrogen (secondary N) is 2. The van der Waals surface area contributed by atoms with Crippen molar-refractivity contribution in [3.63, 3.8) is 0 Å². The van der Waals surface area contributed by atoms with Crippen molar-refractivity contribution in [2.75, 3.05) is 31.5 Å². The molecule has 1 amide bonds. The molecule has 0 saturated carbocycles. The Morgan fingerprint density at radius 1 is 1.27 bits per heavy atom. The Kier molecular flexibility index (Phi) is 4.72. The van der Waals surface area contributed by atoms with Gasteiger partial charge < -0.3 is 10.6 Å². The number of hydrogen-bond donors (Lipinski definition) is 2. The second kappa shape index (κ2) is 7.11. The molecule has 1 unspecified atom stereocenters. The van der Waals surface area contributed by atoms with Crippen molar-refractivity contribution in [3.05, 3.63) is 54.6 Å². The summed E-state index contributed by atoms with van der Waals surface area (Å²) in [5.41, 5.74) is 1.90. The first-order valence-electron chi connectivity index (χ1n) is 7.37. The van der Waals surface area contributed by atoms with Gasteiger partial charge in [0.1, 0.15) is 0 Å². The van der Waals surface area contributed by atoms with Crippen LogP contribution in [-0.4, -0.2) is 47.0 Å². The zero-order chi connectivity index (χ0) is 15.2. The summed E-state index contributed by atoms with van der Waals surface area (Å²) in [7, 11) is 0. The lowest BCUT2D eigenvalue weighted by atomic mass is 10.1. The second-order valence-corrected chi connectivity index (χ2v) is 5.26. The van der Waals surface area contributed by atoms with Crippen LogP contribution in [0.2, 0.25) is 0 Å². The normalized spacial score (nSPS) is 18.8. The summed E-state index contributed by atoms with van der Waals surface area (Å²) < 4.78 is 0. The van der Waals surface area contributed by atoms with E-state index in [1.807, 2.05) is 12.3 Å². The lowest BCUT2D eigenvalue weighted by molar-refractivity contribution is -0.118. The maximum Gasteiger partial charge on any atom is 0.238 e. The van der Waals surface area contributed by atoms with Gasteiger partial charge in [-0.25, -0.2) is 0 Å². The molecular formula is C16H19N5O. The topological polar surface area (TPSA) is 70.2 Å². The minimum Gasteiger partial charge on any atom is -0.325 e. The molecule has 6 heteroatoms. The van der Waals surface area contributed by atoms with Gasteiger partial charge in [0.15, 0.2) is 0 Å². The molecule has 0 aromatic carbocycles. The molecular weight excluding hydrogens is 278 g/mol. The molecule has 0 bridgehead atoms. The zero-order valence-corrected chi connectivity index (χ0v) is 12.3. The van der Waals surface area contributed by atoms with Crippen molar-refractivity contribution < 1.29 is 4.79 Å². The Hall–Kier alpha value is -2.31. The van der Waals surface area contributed by atoms with Gasteiger partial charge in [-0.05, 0) is 23.8 Å². The van der Waals surface area contributed by atoms with Gasteiger partial charge in [-0.2, -0.15) is 0 Å². The molecule has 1 atom stereocenters. The molecule has 1 aliphatic heterocycles. The number of carbonyl (C=O) groups excluding carboxylic acids is 1. The molecule has 2 N–H and O–H groups in total. The highest BCUT2D eigenvalue weighted by atomic mass is 16.2. The SMILES string of the molecule is O=C(CN1CCNCC1c1cccnc1)Nc1ccncc1. The fourth-order valence-corrected chi connectivity index (χ4v) is 2.66. The van der Waals surface area contributed by atoms with Crippen LogP contribution in [0.3, 0.4) is 0 Å². The van der Waals surface area contributed by atoms with Crippen LogP contribution in [-0.2, 0) is 4.79 Å². The number of rotatable bonds is 4. The van der Waals surface area contributed by atoms with Crippen molar-refractivity contribution in [2.45, 2.75) is 6.04 Å². The van der Waals surface area contributed by atoms with Crippen molar-refractivity contribution in [2.24, 2.45) is 0 Å². The van der Waals surface area contributed by atoms with Crippen LogP contribution in [0.5, 0.6) is 0 Å². The Morgan fingerprint density at radius 2 is 2.14 bits per heavy atom. The standard InChI is InChI=1S/C16H19N5O/c22-16(20-14-3-6-17-7-4-14)12-21-9-8-19-11-15(21)13-2-1-5-18-10-13/h1-7,10,15,19H,8-9,11-12H2,(H,17,20,22). The highest BCUT2D eigenvalue weighted by molar-refractivity contribution is 5.92. The fourth-order valence-electron chi connectivity index (χ4n) is 2.66. The summed E-state index contributed by atoms with van der Waals surface area (Å²) in [4.78, 5) is 22.6. The molecule has 2 aromatic heterocycles. The predicted molar refractivity (Wildman–Crippen MR) is 84.3 cm³/mol. The number of nitrogens with zero attached hydrogens (tertiary/aromatic N) is 3. The summed E-state index contributed by atoms with van der Waals surface area (Å²) in [5, 5.41) is 6.28. The van der Waals surface area contributed by atoms with E-state index in [4.69, 9.17) is 0 Å². The van der Waals surface area contributed by atoms with Crippen LogP contribution < -0.4 is 10.6 Å². The number of piperazine rings is 1. The first-order valence-corrected chi connectivity index (χ1v) is 7.37. The molecule has 114 valence electrons. The first kappa shape index (κ1) is 14.6. The lowest BCUT2D eigenvalue weighted by Gasteiger charge is -2.35. The molecule has 1 saturated heterocycles. The number of pyridine rings is 2. The van der Waals surface area contributed by atoms with Gasteiger partial charge in [0.2, 0.25) is 5.91 Å². The van der Waals surface area contributed by atoms with E-state index < -0.39 is 0 Å². The monoisotopic (exact) mass is 297 g/mol. The van der Waals surface area contributed by atoms with E-state index in [0.29, 0.717) is 6.54 Å². The van der Waals surface area contributed by atoms with E-state index in [2.05, 4.69) is 31.6 Å². The van der Waals surface area contributed by atoms with Crippen molar-refractivity contribution in [3.8, 4) is 0 Å². The van der Waals surface area contributed by atoms with E-state index in [1.165, 1.54) is 0 Å². The minimum atomic E-state index is -0.0120. The van der Waals surface area contributed by atoms with Crippen LogP contribution in [0.1, 0.15) is 11.6 Å². The number of amides is 1. The molecule has 0 spiro atoms. The maximum atomic E-state index is 12.2. The van der Waals surface area contributed by atoms with Gasteiger partial charge in [-0.1, -0.05) is 6.07 Å². The molecule has 2 aromatic rings. The Balaban J connectivity index is 1.65. The van der Waals surface area contributed by atoms with Crippen molar-refractivity contribution >= 4 is 11.6 Å². The van der Waals surface area contributed by atoms with Crippen molar-refractivity contribution in [1.29, 1.82) is 0 Å². The Bertz CT molecular complexity index is 604. The molecule has 1 fully saturated rings. The van der Waals surface area contributed by atoms with E-state index in [1.54, 1.807) is 30.7 Å². The van der Waals surface area contributed by atoms with E-state index >= 15 is 0 Å². The van der Waals surface area contributed by atoms with Gasteiger partial charge >= 0.3 is 0 Å². The highest BCUT2D eigenvalue weighted by Crippen LogP contribution is 2.21. The largest absolute Gasteiger partial charge is 0.325 e. The van der Waals surface area contributed by atoms with Gasteiger partial charge in [-0.15, -0.1) is 0 Å². The number of anilines is 1. The summed E-state index contributed by atoms with van der Waals surface area (Å²) in [6.07, 6.45) is 6.96. The van der Waals surface area contributed by atoms with Crippen LogP contribution in [0.15, 0.2) is 49.1 Å². The summed E-state index contributed by atoms with van der Waals surface area (Å²) in [6.45, 7) is 2.92. The number of carbonyl (C=O) groups is 1. The van der Waals surface area contributed by atoms with Gasteiger partial charge in [0, 0.05) is 56.2 Å². The second-order valence-electron chi connectivity index (χ2n) is 5.26. The molecule has 22 heavy (non-hydrogen) atoms. The summed E-state index contributed by atoms with van der Waals surface area (Å²) in [6, 6.07) is 7.73. The van der Waals surface area contributed by atoms with Crippen LogP contribution in [0, 0.1) is 0 Å². The van der Waals surface area contributed by atoms with Gasteiger partial charge in [-0.3, -0.25) is 19.7 Å². The molecule has 0 aliphatic carbocycles. The maximum absolute atomic E-state index is 12.2. The lowest BCUT2D eigenvalue weighted by Crippen LogP contribution is -2.48. The van der Waals surface area contributed by atoms with E-state index in [9.17, 15) is 4.79 Å². The van der Waals surface area contributed by atoms with E-state index in [0.717, 1.165) is 30.9 Å². The third-order valence-electron chi connectivity index (χ3n) is 3.73. The molecule has 3 heterocycles. The summed E-state index contributed by atoms with van der Waals surface area (Å²) in [5.74, 6) is -0.0120. The summed E-state index contributed by atoms with van der Waals surface area (Å²) >= 11 is 0. The Morgan fingerprint density at radius 3 is 2.91 bits per heavy atom. The van der Waals surface area contributed by atoms with Gasteiger partial charge in [0.25, 0.3) is 0 Å². The van der Waals surface area contributed by atoms with Gasteiger partial charge in [0.05, 0.1) is 6.54 Å². The molecule has 1 aliphatic rings. The molecule has 0 radical (unpaired) electrons.